The van der Waals surface area contributed by atoms with Crippen LogP contribution in [0.25, 0.3) is 11.0 Å². The van der Waals surface area contributed by atoms with Crippen LogP contribution in [-0.4, -0.2) is 40.1 Å². The van der Waals surface area contributed by atoms with Gasteiger partial charge in [-0.1, -0.05) is 31.5 Å². The van der Waals surface area contributed by atoms with Crippen molar-refractivity contribution >= 4 is 16.9 Å². The first kappa shape index (κ1) is 20.5. The van der Waals surface area contributed by atoms with E-state index in [1.54, 1.807) is 0 Å². The summed E-state index contributed by atoms with van der Waals surface area (Å²) in [7, 11) is 0. The lowest BCUT2D eigenvalue weighted by atomic mass is 10.1. The zero-order valence-electron chi connectivity index (χ0n) is 18.2. The molecule has 0 spiro atoms. The summed E-state index contributed by atoms with van der Waals surface area (Å²) in [6, 6.07) is 14.4. The highest BCUT2D eigenvalue weighted by Gasteiger charge is 2.33. The number of nitrogens with zero attached hydrogens (tertiary/aromatic N) is 3. The van der Waals surface area contributed by atoms with Gasteiger partial charge < -0.3 is 14.2 Å². The molecule has 4 rings (SSSR count). The lowest BCUT2D eigenvalue weighted by molar-refractivity contribution is -0.127. The minimum atomic E-state index is 0.142. The van der Waals surface area contributed by atoms with Crippen LogP contribution in [0.5, 0.6) is 5.75 Å². The minimum absolute atomic E-state index is 0.142. The summed E-state index contributed by atoms with van der Waals surface area (Å²) >= 11 is 0. The zero-order chi connectivity index (χ0) is 21.1. The number of carbonyl (C=O) groups excluding carboxylic acids is 1. The van der Waals surface area contributed by atoms with E-state index in [4.69, 9.17) is 9.72 Å². The van der Waals surface area contributed by atoms with Crippen molar-refractivity contribution in [3.05, 3.63) is 59.4 Å². The van der Waals surface area contributed by atoms with Crippen LogP contribution in [-0.2, 0) is 11.3 Å². The normalized spacial score (nSPS) is 16.6. The molecular weight excluding hydrogens is 374 g/mol. The van der Waals surface area contributed by atoms with E-state index >= 15 is 0 Å². The van der Waals surface area contributed by atoms with Crippen molar-refractivity contribution in [1.29, 1.82) is 0 Å². The van der Waals surface area contributed by atoms with Crippen LogP contribution in [0.4, 0.5) is 0 Å². The van der Waals surface area contributed by atoms with Gasteiger partial charge in [0.05, 0.1) is 17.6 Å². The second kappa shape index (κ2) is 8.90. The molecule has 1 aromatic heterocycles. The number of fused-ring (bicyclic) bond motifs is 1. The maximum absolute atomic E-state index is 12.5. The summed E-state index contributed by atoms with van der Waals surface area (Å²) in [6.07, 6.45) is 2.70. The van der Waals surface area contributed by atoms with Crippen molar-refractivity contribution in [2.24, 2.45) is 0 Å². The van der Waals surface area contributed by atoms with Gasteiger partial charge >= 0.3 is 0 Å². The number of aryl methyl sites for hydroxylation is 2. The van der Waals surface area contributed by atoms with E-state index in [-0.39, 0.29) is 11.8 Å². The minimum Gasteiger partial charge on any atom is -0.492 e. The molecule has 0 unspecified atom stereocenters. The fourth-order valence-corrected chi connectivity index (χ4v) is 4.21. The van der Waals surface area contributed by atoms with Crippen molar-refractivity contribution in [2.45, 2.75) is 52.5 Å². The Hall–Kier alpha value is -2.82. The molecule has 5 nitrogen and oxygen atoms in total. The van der Waals surface area contributed by atoms with Gasteiger partial charge in [0.15, 0.2) is 0 Å². The molecule has 1 amide bonds. The topological polar surface area (TPSA) is 47.4 Å². The highest BCUT2D eigenvalue weighted by molar-refractivity contribution is 5.80. The summed E-state index contributed by atoms with van der Waals surface area (Å²) in [5, 5.41) is 0. The van der Waals surface area contributed by atoms with Crippen LogP contribution >= 0.6 is 0 Å². The molecule has 0 bridgehead atoms. The number of unbranched alkanes of at least 4 members (excludes halogenated alkanes) is 1. The van der Waals surface area contributed by atoms with Crippen molar-refractivity contribution in [2.75, 3.05) is 19.7 Å². The van der Waals surface area contributed by atoms with Gasteiger partial charge in [-0.05, 0) is 55.7 Å². The number of hydrogen-bond acceptors (Lipinski definition) is 3. The first-order valence-electron chi connectivity index (χ1n) is 11.0. The van der Waals surface area contributed by atoms with Crippen LogP contribution in [0, 0.1) is 13.8 Å². The van der Waals surface area contributed by atoms with Crippen LogP contribution in [0.1, 0.15) is 49.1 Å². The molecule has 3 aromatic rings. The summed E-state index contributed by atoms with van der Waals surface area (Å²) in [4.78, 5) is 19.4. The van der Waals surface area contributed by atoms with Gasteiger partial charge in [-0.2, -0.15) is 0 Å². The SMILES string of the molecule is CCCCN1C[C@H](c2nc3ccccc3n2CCOc2ccc(C)c(C)c2)CC1=O. The van der Waals surface area contributed by atoms with Crippen molar-refractivity contribution in [1.82, 2.24) is 14.5 Å². The highest BCUT2D eigenvalue weighted by Crippen LogP contribution is 2.30. The number of hydrogen-bond donors (Lipinski definition) is 0. The van der Waals surface area contributed by atoms with Crippen molar-refractivity contribution in [3.63, 3.8) is 0 Å². The number of benzene rings is 2. The number of rotatable bonds is 8. The monoisotopic (exact) mass is 405 g/mol. The maximum Gasteiger partial charge on any atom is 0.223 e. The van der Waals surface area contributed by atoms with Crippen molar-refractivity contribution < 1.29 is 9.53 Å². The molecule has 158 valence electrons. The number of para-hydroxylation sites is 2. The summed E-state index contributed by atoms with van der Waals surface area (Å²) < 4.78 is 8.30. The molecule has 0 radical (unpaired) electrons. The Kier molecular flexibility index (Phi) is 6.07. The Bertz CT molecular complexity index is 1040. The van der Waals surface area contributed by atoms with E-state index < -0.39 is 0 Å². The Morgan fingerprint density at radius 2 is 1.93 bits per heavy atom. The molecule has 1 atom stereocenters. The molecule has 2 heterocycles. The van der Waals surface area contributed by atoms with Crippen LogP contribution in [0.3, 0.4) is 0 Å². The Balaban J connectivity index is 1.53. The number of carbonyl (C=O) groups is 1. The van der Waals surface area contributed by atoms with E-state index in [1.807, 2.05) is 29.2 Å². The molecule has 1 aliphatic heterocycles. The molecule has 0 saturated carbocycles. The van der Waals surface area contributed by atoms with E-state index in [0.717, 1.165) is 48.5 Å². The van der Waals surface area contributed by atoms with Crippen LogP contribution in [0.15, 0.2) is 42.5 Å². The lowest BCUT2D eigenvalue weighted by Gasteiger charge is -2.17. The smallest absolute Gasteiger partial charge is 0.223 e. The van der Waals surface area contributed by atoms with Gasteiger partial charge in [-0.3, -0.25) is 4.79 Å². The summed E-state index contributed by atoms with van der Waals surface area (Å²) in [5.74, 6) is 2.29. The fraction of sp³-hybridized carbons (Fsp3) is 0.440. The van der Waals surface area contributed by atoms with Gasteiger partial charge in [-0.15, -0.1) is 0 Å². The lowest BCUT2D eigenvalue weighted by Crippen LogP contribution is -2.26. The third kappa shape index (κ3) is 4.20. The third-order valence-corrected chi connectivity index (χ3v) is 6.11. The number of likely N-dealkylation sites (tertiary alicyclic amines) is 1. The van der Waals surface area contributed by atoms with E-state index in [0.29, 0.717) is 19.6 Å². The molecular formula is C25H31N3O2. The molecule has 5 heteroatoms. The second-order valence-corrected chi connectivity index (χ2v) is 8.30. The molecule has 0 N–H and O–H groups in total. The second-order valence-electron chi connectivity index (χ2n) is 8.30. The quantitative estimate of drug-likeness (QED) is 0.538. The standard InChI is InChI=1S/C25H31N3O2/c1-4-5-12-27-17-20(16-24(27)29)25-26-22-8-6-7-9-23(22)28(25)13-14-30-21-11-10-18(2)19(3)15-21/h6-11,15,20H,4-5,12-14,16-17H2,1-3H3/t20-/m1/s1. The Labute approximate surface area is 178 Å². The van der Waals surface area contributed by atoms with Gasteiger partial charge in [0, 0.05) is 25.4 Å². The molecule has 1 aliphatic rings. The fourth-order valence-electron chi connectivity index (χ4n) is 4.21. The van der Waals surface area contributed by atoms with Gasteiger partial charge in [0.25, 0.3) is 0 Å². The number of imidazole rings is 1. The number of amides is 1. The molecule has 1 saturated heterocycles. The van der Waals surface area contributed by atoms with Gasteiger partial charge in [0.2, 0.25) is 5.91 Å². The van der Waals surface area contributed by atoms with E-state index in [1.165, 1.54) is 11.1 Å². The zero-order valence-corrected chi connectivity index (χ0v) is 18.2. The molecule has 0 aliphatic carbocycles. The number of aromatic nitrogens is 2. The summed E-state index contributed by atoms with van der Waals surface area (Å²) in [5.41, 5.74) is 4.59. The number of ether oxygens (including phenoxy) is 1. The highest BCUT2D eigenvalue weighted by atomic mass is 16.5. The van der Waals surface area contributed by atoms with Gasteiger partial charge in [0.1, 0.15) is 18.2 Å². The molecule has 2 aromatic carbocycles. The summed E-state index contributed by atoms with van der Waals surface area (Å²) in [6.45, 7) is 9.26. The first-order chi connectivity index (χ1) is 14.6. The largest absolute Gasteiger partial charge is 0.492 e. The first-order valence-corrected chi connectivity index (χ1v) is 11.0. The Morgan fingerprint density at radius 3 is 2.73 bits per heavy atom. The van der Waals surface area contributed by atoms with Crippen LogP contribution in [0.2, 0.25) is 0 Å². The predicted octanol–water partition coefficient (Wildman–Crippen LogP) is 4.85. The van der Waals surface area contributed by atoms with Gasteiger partial charge in [-0.25, -0.2) is 4.98 Å². The molecule has 30 heavy (non-hydrogen) atoms. The average molecular weight is 406 g/mol. The third-order valence-electron chi connectivity index (χ3n) is 6.11. The van der Waals surface area contributed by atoms with E-state index in [2.05, 4.69) is 43.5 Å². The predicted molar refractivity (Wildman–Crippen MR) is 120 cm³/mol. The van der Waals surface area contributed by atoms with E-state index in [9.17, 15) is 4.79 Å². The van der Waals surface area contributed by atoms with Crippen molar-refractivity contribution in [3.8, 4) is 5.75 Å². The Morgan fingerprint density at radius 1 is 1.10 bits per heavy atom. The maximum atomic E-state index is 12.5. The molecule has 1 fully saturated rings. The average Bonchev–Trinajstić information content (AvgIpc) is 3.29. The van der Waals surface area contributed by atoms with Crippen LogP contribution < -0.4 is 4.74 Å².